The molecule has 1 aromatic rings. The average molecular weight is 262 g/mol. The normalized spacial score (nSPS) is 17.4. The summed E-state index contributed by atoms with van der Waals surface area (Å²) in [6.45, 7) is 6.76. The Kier molecular flexibility index (Phi) is 4.43. The van der Waals surface area contributed by atoms with Gasteiger partial charge in [0, 0.05) is 44.4 Å². The lowest BCUT2D eigenvalue weighted by atomic mass is 10.0. The van der Waals surface area contributed by atoms with Gasteiger partial charge in [-0.25, -0.2) is 0 Å². The third kappa shape index (κ3) is 3.07. The second-order valence-corrected chi connectivity index (χ2v) is 4.98. The third-order valence-corrected chi connectivity index (χ3v) is 3.75. The molecular weight excluding hydrogens is 240 g/mol. The van der Waals surface area contributed by atoms with Gasteiger partial charge in [0.05, 0.1) is 6.10 Å². The van der Waals surface area contributed by atoms with Gasteiger partial charge in [0.1, 0.15) is 0 Å². The first-order valence-corrected chi connectivity index (χ1v) is 6.91. The minimum absolute atomic E-state index is 0.140. The Bertz CT molecular complexity index is 440. The quantitative estimate of drug-likeness (QED) is 0.903. The van der Waals surface area contributed by atoms with Gasteiger partial charge < -0.3 is 14.9 Å². The maximum absolute atomic E-state index is 11.3. The molecule has 1 saturated heterocycles. The van der Waals surface area contributed by atoms with Crippen molar-refractivity contribution in [1.29, 1.82) is 0 Å². The maximum Gasteiger partial charge on any atom is 0.219 e. The van der Waals surface area contributed by atoms with Gasteiger partial charge >= 0.3 is 0 Å². The van der Waals surface area contributed by atoms with Crippen LogP contribution >= 0.6 is 0 Å². The SMILES string of the molecule is CC[C@@H](O)c1ccccc1N1CCN(C(C)=O)CC1. The lowest BCUT2D eigenvalue weighted by Crippen LogP contribution is -2.48. The fourth-order valence-electron chi connectivity index (χ4n) is 2.54. The van der Waals surface area contributed by atoms with Gasteiger partial charge in [-0.05, 0) is 12.5 Å². The van der Waals surface area contributed by atoms with Crippen molar-refractivity contribution in [3.05, 3.63) is 29.8 Å². The molecule has 4 heteroatoms. The van der Waals surface area contributed by atoms with Crippen molar-refractivity contribution >= 4 is 11.6 Å². The van der Waals surface area contributed by atoms with E-state index in [0.29, 0.717) is 6.42 Å². The second kappa shape index (κ2) is 6.06. The predicted octanol–water partition coefficient (Wildman–Crippen LogP) is 1.80. The molecular formula is C15H22N2O2. The predicted molar refractivity (Wildman–Crippen MR) is 76.2 cm³/mol. The van der Waals surface area contributed by atoms with Gasteiger partial charge in [0.15, 0.2) is 0 Å². The van der Waals surface area contributed by atoms with Crippen LogP contribution in [-0.4, -0.2) is 42.1 Å². The number of rotatable bonds is 3. The fourth-order valence-corrected chi connectivity index (χ4v) is 2.54. The Hall–Kier alpha value is -1.55. The van der Waals surface area contributed by atoms with Crippen molar-refractivity contribution in [3.63, 3.8) is 0 Å². The number of amides is 1. The molecule has 1 aliphatic rings. The van der Waals surface area contributed by atoms with E-state index in [9.17, 15) is 9.90 Å². The highest BCUT2D eigenvalue weighted by molar-refractivity contribution is 5.73. The number of benzene rings is 1. The van der Waals surface area contributed by atoms with Crippen LogP contribution in [0.25, 0.3) is 0 Å². The summed E-state index contributed by atoms with van der Waals surface area (Å²) in [5.41, 5.74) is 2.08. The highest BCUT2D eigenvalue weighted by Crippen LogP contribution is 2.28. The molecule has 4 nitrogen and oxygen atoms in total. The van der Waals surface area contributed by atoms with E-state index in [4.69, 9.17) is 0 Å². The summed E-state index contributed by atoms with van der Waals surface area (Å²) in [5.74, 6) is 0.140. The molecule has 0 aromatic heterocycles. The lowest BCUT2D eigenvalue weighted by molar-refractivity contribution is -0.129. The van der Waals surface area contributed by atoms with Crippen LogP contribution in [0.5, 0.6) is 0 Å². The molecule has 2 rings (SSSR count). The standard InChI is InChI=1S/C15H22N2O2/c1-3-15(19)13-6-4-5-7-14(13)17-10-8-16(9-11-17)12(2)18/h4-7,15,19H,3,8-11H2,1-2H3/t15-/m1/s1. The number of aliphatic hydroxyl groups is 1. The Labute approximate surface area is 114 Å². The van der Waals surface area contributed by atoms with Crippen molar-refractivity contribution in [2.75, 3.05) is 31.1 Å². The van der Waals surface area contributed by atoms with Crippen molar-refractivity contribution in [2.24, 2.45) is 0 Å². The summed E-state index contributed by atoms with van der Waals surface area (Å²) >= 11 is 0. The zero-order valence-corrected chi connectivity index (χ0v) is 11.7. The van der Waals surface area contributed by atoms with Crippen LogP contribution in [0.3, 0.4) is 0 Å². The smallest absolute Gasteiger partial charge is 0.219 e. The van der Waals surface area contributed by atoms with Crippen LogP contribution in [0.4, 0.5) is 5.69 Å². The molecule has 19 heavy (non-hydrogen) atoms. The van der Waals surface area contributed by atoms with Crippen LogP contribution in [0.1, 0.15) is 31.9 Å². The molecule has 104 valence electrons. The highest BCUT2D eigenvalue weighted by Gasteiger charge is 2.21. The van der Waals surface area contributed by atoms with Gasteiger partial charge in [0.2, 0.25) is 5.91 Å². The van der Waals surface area contributed by atoms with E-state index in [2.05, 4.69) is 11.0 Å². The van der Waals surface area contributed by atoms with E-state index in [0.717, 1.165) is 37.4 Å². The van der Waals surface area contributed by atoms with Crippen LogP contribution < -0.4 is 4.90 Å². The number of piperazine rings is 1. The van der Waals surface area contributed by atoms with Gasteiger partial charge in [-0.3, -0.25) is 4.79 Å². The largest absolute Gasteiger partial charge is 0.388 e. The molecule has 0 bridgehead atoms. The fraction of sp³-hybridized carbons (Fsp3) is 0.533. The zero-order valence-electron chi connectivity index (χ0n) is 11.7. The molecule has 1 atom stereocenters. The molecule has 1 amide bonds. The molecule has 1 fully saturated rings. The van der Waals surface area contributed by atoms with E-state index in [1.807, 2.05) is 30.0 Å². The first kappa shape index (κ1) is 13.9. The average Bonchev–Trinajstić information content (AvgIpc) is 2.46. The number of para-hydroxylation sites is 1. The Morgan fingerprint density at radius 3 is 2.47 bits per heavy atom. The summed E-state index contributed by atoms with van der Waals surface area (Å²) in [6, 6.07) is 8.00. The van der Waals surface area contributed by atoms with E-state index in [1.54, 1.807) is 6.92 Å². The molecule has 1 aliphatic heterocycles. The first-order valence-electron chi connectivity index (χ1n) is 6.91. The summed E-state index contributed by atoms with van der Waals surface area (Å²) in [4.78, 5) is 15.5. The van der Waals surface area contributed by atoms with E-state index >= 15 is 0 Å². The highest BCUT2D eigenvalue weighted by atomic mass is 16.3. The third-order valence-electron chi connectivity index (χ3n) is 3.75. The number of carbonyl (C=O) groups excluding carboxylic acids is 1. The van der Waals surface area contributed by atoms with Gasteiger partial charge in [0.25, 0.3) is 0 Å². The molecule has 1 aromatic carbocycles. The Morgan fingerprint density at radius 1 is 1.26 bits per heavy atom. The van der Waals surface area contributed by atoms with Crippen molar-refractivity contribution in [2.45, 2.75) is 26.4 Å². The molecule has 0 saturated carbocycles. The van der Waals surface area contributed by atoms with Crippen LogP contribution in [-0.2, 0) is 4.79 Å². The van der Waals surface area contributed by atoms with Crippen LogP contribution in [0.15, 0.2) is 24.3 Å². The number of anilines is 1. The second-order valence-electron chi connectivity index (χ2n) is 4.98. The molecule has 0 unspecified atom stereocenters. The topological polar surface area (TPSA) is 43.8 Å². The van der Waals surface area contributed by atoms with Crippen molar-refractivity contribution in [3.8, 4) is 0 Å². The maximum atomic E-state index is 11.3. The van der Waals surface area contributed by atoms with Gasteiger partial charge in [-0.2, -0.15) is 0 Å². The van der Waals surface area contributed by atoms with Gasteiger partial charge in [-0.1, -0.05) is 25.1 Å². The van der Waals surface area contributed by atoms with E-state index < -0.39 is 6.10 Å². The Balaban J connectivity index is 2.13. The monoisotopic (exact) mass is 262 g/mol. The summed E-state index contributed by atoms with van der Waals surface area (Å²) in [6.07, 6.45) is 0.298. The van der Waals surface area contributed by atoms with Crippen LogP contribution in [0.2, 0.25) is 0 Å². The number of aliphatic hydroxyl groups excluding tert-OH is 1. The van der Waals surface area contributed by atoms with Crippen molar-refractivity contribution in [1.82, 2.24) is 4.90 Å². The summed E-state index contributed by atoms with van der Waals surface area (Å²) in [5, 5.41) is 10.1. The molecule has 0 radical (unpaired) electrons. The number of carbonyl (C=O) groups is 1. The number of hydrogen-bond acceptors (Lipinski definition) is 3. The minimum Gasteiger partial charge on any atom is -0.388 e. The minimum atomic E-state index is -0.415. The number of nitrogens with zero attached hydrogens (tertiary/aromatic N) is 2. The van der Waals surface area contributed by atoms with Crippen LogP contribution in [0, 0.1) is 0 Å². The molecule has 0 aliphatic carbocycles. The first-order chi connectivity index (χ1) is 9.13. The van der Waals surface area contributed by atoms with Gasteiger partial charge in [-0.15, -0.1) is 0 Å². The zero-order chi connectivity index (χ0) is 13.8. The summed E-state index contributed by atoms with van der Waals surface area (Å²) < 4.78 is 0. The number of hydrogen-bond donors (Lipinski definition) is 1. The lowest BCUT2D eigenvalue weighted by Gasteiger charge is -2.37. The van der Waals surface area contributed by atoms with Crippen molar-refractivity contribution < 1.29 is 9.90 Å². The Morgan fingerprint density at radius 2 is 1.89 bits per heavy atom. The molecule has 0 spiro atoms. The summed E-state index contributed by atoms with van der Waals surface area (Å²) in [7, 11) is 0. The molecule has 1 heterocycles. The van der Waals surface area contributed by atoms with E-state index in [1.165, 1.54) is 0 Å². The molecule has 1 N–H and O–H groups in total. The van der Waals surface area contributed by atoms with E-state index in [-0.39, 0.29) is 5.91 Å².